The number of nitrogens with zero attached hydrogens (tertiary/aromatic N) is 3. The highest BCUT2D eigenvalue weighted by molar-refractivity contribution is 6.14. The Morgan fingerprint density at radius 2 is 1.02 bits per heavy atom. The maximum Gasteiger partial charge on any atom is 0.180 e. The lowest BCUT2D eigenvalue weighted by Gasteiger charge is -2.09. The topological polar surface area (TPSA) is 57.0 Å². The second kappa shape index (κ2) is 10.8. The van der Waals surface area contributed by atoms with E-state index >= 15 is 0 Å². The molecule has 4 heterocycles. The number of aromatic nitrogens is 3. The van der Waals surface area contributed by atoms with Gasteiger partial charge >= 0.3 is 0 Å². The first-order valence-electron chi connectivity index (χ1n) is 17.1. The average Bonchev–Trinajstić information content (AvgIpc) is 3.87. The molecule has 0 bridgehead atoms. The van der Waals surface area contributed by atoms with Crippen LogP contribution in [-0.2, 0) is 0 Å². The van der Waals surface area contributed by atoms with E-state index in [0.717, 1.165) is 71.7 Å². The van der Waals surface area contributed by atoms with Crippen molar-refractivity contribution in [3.8, 4) is 39.5 Å². The van der Waals surface area contributed by atoms with Crippen LogP contribution in [0, 0.1) is 0 Å². The lowest BCUT2D eigenvalue weighted by Crippen LogP contribution is -1.95. The van der Waals surface area contributed by atoms with E-state index in [1.54, 1.807) is 0 Å². The first kappa shape index (κ1) is 27.9. The number of hydrogen-bond donors (Lipinski definition) is 0. The van der Waals surface area contributed by atoms with E-state index in [2.05, 4.69) is 132 Å². The van der Waals surface area contributed by atoms with E-state index in [9.17, 15) is 0 Å². The largest absolute Gasteiger partial charge is 0.455 e. The highest BCUT2D eigenvalue weighted by Crippen LogP contribution is 2.42. The molecular formula is C46H27N3O2. The van der Waals surface area contributed by atoms with Crippen LogP contribution in [0.3, 0.4) is 0 Å². The standard InChI is InChI=1S/C46H27N3O2/c1-3-12-28(13-4-1)29-22-24-38-36(26-29)37-27-30(23-25-39(37)49(38)31-14-5-2-6-15-31)46-47-42-34-17-8-10-21-41(34)51-45(42)43(48-46)35-19-11-18-33-32-16-7-9-20-40(32)50-44(33)35/h1-27H. The fraction of sp³-hybridized carbons (Fsp3) is 0. The molecule has 5 heteroatoms. The molecule has 0 spiro atoms. The summed E-state index contributed by atoms with van der Waals surface area (Å²) < 4.78 is 15.4. The van der Waals surface area contributed by atoms with Gasteiger partial charge in [0.25, 0.3) is 0 Å². The highest BCUT2D eigenvalue weighted by atomic mass is 16.3. The van der Waals surface area contributed by atoms with Crippen LogP contribution in [0.5, 0.6) is 0 Å². The SMILES string of the molecule is c1ccc(-c2ccc3c(c2)c2cc(-c4nc(-c5cccc6c5oc5ccccc56)c5oc6ccccc6c5n4)ccc2n3-c2ccccc2)cc1. The van der Waals surface area contributed by atoms with Gasteiger partial charge < -0.3 is 13.4 Å². The molecule has 51 heavy (non-hydrogen) atoms. The molecule has 0 aliphatic carbocycles. The zero-order chi connectivity index (χ0) is 33.5. The van der Waals surface area contributed by atoms with Crippen LogP contribution in [0.4, 0.5) is 0 Å². The number of fused-ring (bicyclic) bond motifs is 9. The monoisotopic (exact) mass is 653 g/mol. The van der Waals surface area contributed by atoms with Crippen LogP contribution in [-0.4, -0.2) is 14.5 Å². The lowest BCUT2D eigenvalue weighted by atomic mass is 10.0. The second-order valence-electron chi connectivity index (χ2n) is 13.0. The minimum Gasteiger partial charge on any atom is -0.455 e. The van der Waals surface area contributed by atoms with Crippen LogP contribution in [0.25, 0.3) is 105 Å². The van der Waals surface area contributed by atoms with Gasteiger partial charge in [-0.2, -0.15) is 0 Å². The van der Waals surface area contributed by atoms with Crippen molar-refractivity contribution in [3.63, 3.8) is 0 Å². The van der Waals surface area contributed by atoms with Crippen molar-refractivity contribution in [1.82, 2.24) is 14.5 Å². The predicted octanol–water partition coefficient (Wildman–Crippen LogP) is 12.4. The fourth-order valence-electron chi connectivity index (χ4n) is 7.66. The number of benzene rings is 7. The molecule has 0 saturated carbocycles. The van der Waals surface area contributed by atoms with E-state index in [4.69, 9.17) is 18.8 Å². The first-order valence-corrected chi connectivity index (χ1v) is 17.1. The van der Waals surface area contributed by atoms with Gasteiger partial charge in [-0.25, -0.2) is 9.97 Å². The molecule has 11 aromatic rings. The summed E-state index contributed by atoms with van der Waals surface area (Å²) in [4.78, 5) is 10.5. The maximum atomic E-state index is 6.52. The molecule has 0 radical (unpaired) electrons. The number of furan rings is 2. The molecule has 0 fully saturated rings. The van der Waals surface area contributed by atoms with Crippen molar-refractivity contribution in [2.45, 2.75) is 0 Å². The summed E-state index contributed by atoms with van der Waals surface area (Å²) in [5.74, 6) is 0.624. The van der Waals surface area contributed by atoms with Crippen molar-refractivity contribution in [2.24, 2.45) is 0 Å². The molecule has 0 aliphatic rings. The molecule has 4 aromatic heterocycles. The Kier molecular flexibility index (Phi) is 5.89. The molecule has 238 valence electrons. The van der Waals surface area contributed by atoms with Crippen LogP contribution < -0.4 is 0 Å². The Balaban J connectivity index is 1.20. The third kappa shape index (κ3) is 4.22. The third-order valence-corrected chi connectivity index (χ3v) is 10.0. The van der Waals surface area contributed by atoms with Crippen molar-refractivity contribution in [1.29, 1.82) is 0 Å². The summed E-state index contributed by atoms with van der Waals surface area (Å²) in [7, 11) is 0. The van der Waals surface area contributed by atoms with Gasteiger partial charge in [-0.3, -0.25) is 0 Å². The molecule has 0 N–H and O–H groups in total. The molecule has 0 amide bonds. The number of hydrogen-bond acceptors (Lipinski definition) is 4. The molecule has 5 nitrogen and oxygen atoms in total. The molecule has 0 unspecified atom stereocenters. The quantitative estimate of drug-likeness (QED) is 0.190. The van der Waals surface area contributed by atoms with Gasteiger partial charge in [-0.05, 0) is 77.9 Å². The van der Waals surface area contributed by atoms with Crippen molar-refractivity contribution >= 4 is 65.8 Å². The van der Waals surface area contributed by atoms with Crippen LogP contribution in [0.2, 0.25) is 0 Å². The summed E-state index contributed by atoms with van der Waals surface area (Å²) in [6, 6.07) is 56.8. The number of para-hydroxylation sites is 4. The summed E-state index contributed by atoms with van der Waals surface area (Å²) in [5.41, 5.74) is 12.0. The predicted molar refractivity (Wildman–Crippen MR) is 207 cm³/mol. The molecule has 11 rings (SSSR count). The van der Waals surface area contributed by atoms with Crippen LogP contribution >= 0.6 is 0 Å². The van der Waals surface area contributed by atoms with Crippen LogP contribution in [0.1, 0.15) is 0 Å². The van der Waals surface area contributed by atoms with E-state index in [0.29, 0.717) is 17.1 Å². The summed E-state index contributed by atoms with van der Waals surface area (Å²) in [5, 5.41) is 5.35. The number of rotatable bonds is 4. The van der Waals surface area contributed by atoms with Gasteiger partial charge in [-0.1, -0.05) is 97.1 Å². The van der Waals surface area contributed by atoms with Crippen molar-refractivity contribution in [2.75, 3.05) is 0 Å². The van der Waals surface area contributed by atoms with E-state index in [1.165, 1.54) is 16.5 Å². The summed E-state index contributed by atoms with van der Waals surface area (Å²) in [6.45, 7) is 0. The minimum atomic E-state index is 0.624. The first-order chi connectivity index (χ1) is 25.3. The van der Waals surface area contributed by atoms with E-state index in [1.807, 2.05) is 36.4 Å². The minimum absolute atomic E-state index is 0.624. The van der Waals surface area contributed by atoms with Crippen molar-refractivity contribution < 1.29 is 8.83 Å². The maximum absolute atomic E-state index is 6.52. The van der Waals surface area contributed by atoms with E-state index in [-0.39, 0.29) is 0 Å². The van der Waals surface area contributed by atoms with Crippen molar-refractivity contribution in [3.05, 3.63) is 164 Å². The molecule has 7 aromatic carbocycles. The molecular weight excluding hydrogens is 627 g/mol. The Labute approximate surface area is 291 Å². The average molecular weight is 654 g/mol. The lowest BCUT2D eigenvalue weighted by molar-refractivity contribution is 0.663. The summed E-state index contributed by atoms with van der Waals surface area (Å²) in [6.07, 6.45) is 0. The van der Waals surface area contributed by atoms with Gasteiger partial charge in [0.1, 0.15) is 28.0 Å². The Morgan fingerprint density at radius 3 is 1.80 bits per heavy atom. The molecule has 0 saturated heterocycles. The Morgan fingerprint density at radius 1 is 0.412 bits per heavy atom. The highest BCUT2D eigenvalue weighted by Gasteiger charge is 2.22. The molecule has 0 atom stereocenters. The van der Waals surface area contributed by atoms with Gasteiger partial charge in [0.2, 0.25) is 0 Å². The zero-order valence-corrected chi connectivity index (χ0v) is 27.2. The molecule has 0 aliphatic heterocycles. The summed E-state index contributed by atoms with van der Waals surface area (Å²) >= 11 is 0. The Hall–Kier alpha value is -6.98. The fourth-order valence-corrected chi connectivity index (χ4v) is 7.66. The zero-order valence-electron chi connectivity index (χ0n) is 27.2. The normalized spacial score (nSPS) is 11.9. The smallest absolute Gasteiger partial charge is 0.180 e. The van der Waals surface area contributed by atoms with Gasteiger partial charge in [-0.15, -0.1) is 0 Å². The third-order valence-electron chi connectivity index (χ3n) is 10.0. The van der Waals surface area contributed by atoms with E-state index < -0.39 is 0 Å². The van der Waals surface area contributed by atoms with Crippen LogP contribution in [0.15, 0.2) is 173 Å². The van der Waals surface area contributed by atoms with Gasteiger partial charge in [0, 0.05) is 43.7 Å². The Bertz CT molecular complexity index is 3130. The van der Waals surface area contributed by atoms with Gasteiger partial charge in [0.15, 0.2) is 11.4 Å². The van der Waals surface area contributed by atoms with Gasteiger partial charge in [0.05, 0.1) is 11.0 Å². The second-order valence-corrected chi connectivity index (χ2v) is 13.0.